The molecule has 0 fully saturated rings. The molecular weight excluding hydrogens is 407 g/mol. The van der Waals surface area contributed by atoms with Crippen LogP contribution >= 0.6 is 0 Å². The fourth-order valence-corrected chi connectivity index (χ4v) is 3.94. The largest absolute Gasteiger partial charge is 0.356 e. The number of nitrogens with zero attached hydrogens (tertiary/aromatic N) is 1. The minimum atomic E-state index is -0.259. The Morgan fingerprint density at radius 3 is 2.66 bits per heavy atom. The maximum Gasteiger partial charge on any atom is 0.157 e. The number of methoxy groups -OCH3 is 1. The van der Waals surface area contributed by atoms with E-state index in [2.05, 4.69) is 6.92 Å². The van der Waals surface area contributed by atoms with Crippen molar-refractivity contribution >= 4 is 17.2 Å². The summed E-state index contributed by atoms with van der Waals surface area (Å²) in [5.74, 6) is -0.202. The molecule has 0 aliphatic rings. The van der Waals surface area contributed by atoms with Gasteiger partial charge in [0.05, 0.1) is 23.0 Å². The molecule has 1 heterocycles. The van der Waals surface area contributed by atoms with Crippen LogP contribution in [0.3, 0.4) is 0 Å². The van der Waals surface area contributed by atoms with Crippen LogP contribution in [-0.4, -0.2) is 30.9 Å². The summed E-state index contributed by atoms with van der Waals surface area (Å²) in [6.07, 6.45) is 4.34. The van der Waals surface area contributed by atoms with Crippen molar-refractivity contribution in [3.63, 3.8) is 0 Å². The molecule has 0 saturated carbocycles. The van der Waals surface area contributed by atoms with Crippen molar-refractivity contribution < 1.29 is 18.7 Å². The SMILES string of the molecule is CCCC(OC)OCCn1cc(C=O)c(=N)c2cc(Cc3cccc(C)c3F)c(C)cc21. The van der Waals surface area contributed by atoms with Gasteiger partial charge in [-0.2, -0.15) is 0 Å². The van der Waals surface area contributed by atoms with Gasteiger partial charge in [0.15, 0.2) is 12.6 Å². The second-order valence-corrected chi connectivity index (χ2v) is 8.12. The van der Waals surface area contributed by atoms with Crippen molar-refractivity contribution in [1.29, 1.82) is 5.41 Å². The van der Waals surface area contributed by atoms with Crippen LogP contribution in [-0.2, 0) is 22.4 Å². The molecule has 3 aromatic rings. The van der Waals surface area contributed by atoms with E-state index in [0.29, 0.717) is 47.9 Å². The van der Waals surface area contributed by atoms with Gasteiger partial charge in [0.1, 0.15) is 5.82 Å². The molecule has 0 saturated heterocycles. The fourth-order valence-electron chi connectivity index (χ4n) is 3.94. The normalized spacial score (nSPS) is 12.3. The van der Waals surface area contributed by atoms with Gasteiger partial charge in [0.2, 0.25) is 0 Å². The first-order valence-corrected chi connectivity index (χ1v) is 10.9. The van der Waals surface area contributed by atoms with Gasteiger partial charge in [-0.05, 0) is 54.7 Å². The molecule has 1 aromatic heterocycles. The Kier molecular flexibility index (Phi) is 7.94. The van der Waals surface area contributed by atoms with E-state index in [1.807, 2.05) is 29.7 Å². The Labute approximate surface area is 188 Å². The number of ether oxygens (including phenoxy) is 2. The minimum Gasteiger partial charge on any atom is -0.356 e. The Hall–Kier alpha value is -2.83. The zero-order chi connectivity index (χ0) is 23.3. The zero-order valence-corrected chi connectivity index (χ0v) is 19.2. The molecule has 5 nitrogen and oxygen atoms in total. The quantitative estimate of drug-likeness (QED) is 0.355. The van der Waals surface area contributed by atoms with E-state index in [0.717, 1.165) is 29.5 Å². The number of hydrogen-bond donors (Lipinski definition) is 1. The summed E-state index contributed by atoms with van der Waals surface area (Å²) in [6.45, 7) is 6.76. The van der Waals surface area contributed by atoms with Crippen molar-refractivity contribution in [3.8, 4) is 0 Å². The first kappa shape index (κ1) is 23.8. The number of carbonyl (C=O) groups is 1. The number of aromatic nitrogens is 1. The van der Waals surface area contributed by atoms with Crippen LogP contribution in [0, 0.1) is 25.1 Å². The highest BCUT2D eigenvalue weighted by Crippen LogP contribution is 2.23. The molecule has 0 bridgehead atoms. The molecule has 0 amide bonds. The molecule has 1 N–H and O–H groups in total. The van der Waals surface area contributed by atoms with Crippen molar-refractivity contribution in [3.05, 3.63) is 75.5 Å². The maximum atomic E-state index is 14.6. The highest BCUT2D eigenvalue weighted by Gasteiger charge is 2.13. The summed E-state index contributed by atoms with van der Waals surface area (Å²) in [5.41, 5.74) is 4.33. The predicted molar refractivity (Wildman–Crippen MR) is 124 cm³/mol. The standard InChI is InChI=1S/C26H31FN2O3/c1-5-7-24(31-4)32-11-10-29-15-21(16-30)26(28)22-14-20(18(3)12-23(22)29)13-19-9-6-8-17(2)25(19)27/h6,8-9,12,14-16,24,28H,5,7,10-11,13H2,1-4H3. The van der Waals surface area contributed by atoms with Crippen LogP contribution in [0.4, 0.5) is 4.39 Å². The molecule has 0 spiro atoms. The average Bonchev–Trinajstić information content (AvgIpc) is 2.78. The lowest BCUT2D eigenvalue weighted by molar-refractivity contribution is -0.129. The molecule has 1 atom stereocenters. The Balaban J connectivity index is 1.99. The number of benzene rings is 2. The predicted octanol–water partition coefficient (Wildman–Crippen LogP) is 5.07. The summed E-state index contributed by atoms with van der Waals surface area (Å²) in [7, 11) is 1.63. The van der Waals surface area contributed by atoms with E-state index in [-0.39, 0.29) is 17.5 Å². The second kappa shape index (κ2) is 10.7. The molecule has 2 aromatic carbocycles. The molecule has 0 aliphatic carbocycles. The van der Waals surface area contributed by atoms with E-state index >= 15 is 0 Å². The molecule has 6 heteroatoms. The molecule has 1 unspecified atom stereocenters. The molecule has 3 rings (SSSR count). The van der Waals surface area contributed by atoms with Gasteiger partial charge in [-0.25, -0.2) is 4.39 Å². The number of aryl methyl sites for hydroxylation is 2. The number of hydrogen-bond acceptors (Lipinski definition) is 4. The highest BCUT2D eigenvalue weighted by atomic mass is 19.1. The number of pyridine rings is 1. The Morgan fingerprint density at radius 1 is 1.19 bits per heavy atom. The third-order valence-electron chi connectivity index (χ3n) is 5.82. The van der Waals surface area contributed by atoms with E-state index in [9.17, 15) is 9.18 Å². The van der Waals surface area contributed by atoms with Crippen LogP contribution in [0.25, 0.3) is 10.9 Å². The van der Waals surface area contributed by atoms with Gasteiger partial charge in [0.25, 0.3) is 0 Å². The van der Waals surface area contributed by atoms with Crippen molar-refractivity contribution in [2.45, 2.75) is 52.9 Å². The Morgan fingerprint density at radius 2 is 1.97 bits per heavy atom. The van der Waals surface area contributed by atoms with E-state index in [1.54, 1.807) is 32.4 Å². The lowest BCUT2D eigenvalue weighted by atomic mass is 9.96. The highest BCUT2D eigenvalue weighted by molar-refractivity contribution is 5.86. The third kappa shape index (κ3) is 5.14. The number of rotatable bonds is 10. The van der Waals surface area contributed by atoms with Crippen LogP contribution in [0.2, 0.25) is 0 Å². The van der Waals surface area contributed by atoms with Crippen LogP contribution in [0.1, 0.15) is 52.4 Å². The van der Waals surface area contributed by atoms with E-state index < -0.39 is 0 Å². The summed E-state index contributed by atoms with van der Waals surface area (Å²) < 4.78 is 27.7. The minimum absolute atomic E-state index is 0.180. The number of fused-ring (bicyclic) bond motifs is 1. The van der Waals surface area contributed by atoms with Crippen LogP contribution < -0.4 is 5.36 Å². The first-order chi connectivity index (χ1) is 15.4. The van der Waals surface area contributed by atoms with Gasteiger partial charge in [0, 0.05) is 31.7 Å². The summed E-state index contributed by atoms with van der Waals surface area (Å²) in [6, 6.07) is 9.31. The average molecular weight is 439 g/mol. The first-order valence-electron chi connectivity index (χ1n) is 10.9. The number of halogens is 1. The lowest BCUT2D eigenvalue weighted by Crippen LogP contribution is -2.20. The maximum absolute atomic E-state index is 14.6. The van der Waals surface area contributed by atoms with Crippen molar-refractivity contribution in [1.82, 2.24) is 4.57 Å². The second-order valence-electron chi connectivity index (χ2n) is 8.12. The topological polar surface area (TPSA) is 64.3 Å². The molecule has 170 valence electrons. The Bertz CT molecular complexity index is 1170. The molecule has 0 aliphatic heterocycles. The lowest BCUT2D eigenvalue weighted by Gasteiger charge is -2.18. The van der Waals surface area contributed by atoms with Gasteiger partial charge < -0.3 is 14.0 Å². The van der Waals surface area contributed by atoms with Gasteiger partial charge in [-0.15, -0.1) is 0 Å². The van der Waals surface area contributed by atoms with E-state index in [4.69, 9.17) is 14.9 Å². The van der Waals surface area contributed by atoms with Gasteiger partial charge >= 0.3 is 0 Å². The summed E-state index contributed by atoms with van der Waals surface area (Å²) in [5, 5.41) is 9.37. The number of aldehydes is 1. The summed E-state index contributed by atoms with van der Waals surface area (Å²) >= 11 is 0. The third-order valence-corrected chi connectivity index (χ3v) is 5.82. The zero-order valence-electron chi connectivity index (χ0n) is 19.2. The number of nitrogens with one attached hydrogen (secondary N) is 1. The fraction of sp³-hybridized carbons (Fsp3) is 0.385. The van der Waals surface area contributed by atoms with Crippen molar-refractivity contribution in [2.75, 3.05) is 13.7 Å². The van der Waals surface area contributed by atoms with E-state index in [1.165, 1.54) is 0 Å². The molecule has 0 radical (unpaired) electrons. The van der Waals surface area contributed by atoms with Crippen LogP contribution in [0.15, 0.2) is 36.5 Å². The van der Waals surface area contributed by atoms with Crippen molar-refractivity contribution in [2.24, 2.45) is 0 Å². The molecule has 32 heavy (non-hydrogen) atoms. The smallest absolute Gasteiger partial charge is 0.157 e. The van der Waals surface area contributed by atoms with Gasteiger partial charge in [-0.1, -0.05) is 31.5 Å². The summed E-state index contributed by atoms with van der Waals surface area (Å²) in [4.78, 5) is 11.6. The van der Waals surface area contributed by atoms with Gasteiger partial charge in [-0.3, -0.25) is 10.2 Å². The number of carbonyl (C=O) groups excluding carboxylic acids is 1. The van der Waals surface area contributed by atoms with Crippen LogP contribution in [0.5, 0.6) is 0 Å². The molecular formula is C26H31FN2O3. The monoisotopic (exact) mass is 438 g/mol.